The maximum atomic E-state index is 13.6. The van der Waals surface area contributed by atoms with Gasteiger partial charge in [-0.3, -0.25) is 4.98 Å². The minimum atomic E-state index is -0.490. The van der Waals surface area contributed by atoms with E-state index >= 15 is 0 Å². The third-order valence-electron chi connectivity index (χ3n) is 2.93. The van der Waals surface area contributed by atoms with Crippen LogP contribution in [0.3, 0.4) is 0 Å². The van der Waals surface area contributed by atoms with E-state index in [1.807, 2.05) is 0 Å². The first kappa shape index (κ1) is 10.4. The van der Waals surface area contributed by atoms with Crippen LogP contribution in [-0.2, 0) is 0 Å². The van der Waals surface area contributed by atoms with Gasteiger partial charge in [0.05, 0.1) is 6.61 Å². The molecule has 0 bridgehead atoms. The number of rotatable bonds is 3. The highest BCUT2D eigenvalue weighted by atomic mass is 19.1. The first-order chi connectivity index (χ1) is 8.25. The van der Waals surface area contributed by atoms with Crippen molar-refractivity contribution in [3.63, 3.8) is 0 Å². The quantitative estimate of drug-likeness (QED) is 0.814. The van der Waals surface area contributed by atoms with Crippen molar-refractivity contribution in [2.45, 2.75) is 12.8 Å². The van der Waals surface area contributed by atoms with Gasteiger partial charge in [0.2, 0.25) is 0 Å². The molecule has 2 nitrogen and oxygen atoms in total. The van der Waals surface area contributed by atoms with E-state index in [2.05, 4.69) is 4.98 Å². The van der Waals surface area contributed by atoms with Gasteiger partial charge >= 0.3 is 0 Å². The zero-order valence-corrected chi connectivity index (χ0v) is 9.12. The molecule has 1 aliphatic carbocycles. The van der Waals surface area contributed by atoms with Gasteiger partial charge in [-0.1, -0.05) is 0 Å². The van der Waals surface area contributed by atoms with Gasteiger partial charge in [0.1, 0.15) is 11.3 Å². The average Bonchev–Trinajstić information content (AvgIpc) is 3.12. The normalized spacial score (nSPS) is 15.2. The molecule has 1 aliphatic rings. The van der Waals surface area contributed by atoms with Crippen molar-refractivity contribution in [2.75, 3.05) is 6.61 Å². The SMILES string of the molecule is Fc1ccc2c(F)ccnc2c1OCC1CC1. The zero-order chi connectivity index (χ0) is 11.8. The van der Waals surface area contributed by atoms with Gasteiger partial charge < -0.3 is 4.74 Å². The van der Waals surface area contributed by atoms with Crippen molar-refractivity contribution in [1.82, 2.24) is 4.98 Å². The molecule has 1 fully saturated rings. The highest BCUT2D eigenvalue weighted by Crippen LogP contribution is 2.33. The molecule has 0 amide bonds. The molecule has 0 aliphatic heterocycles. The van der Waals surface area contributed by atoms with Crippen molar-refractivity contribution < 1.29 is 13.5 Å². The molecule has 1 heterocycles. The molecular weight excluding hydrogens is 224 g/mol. The monoisotopic (exact) mass is 235 g/mol. The lowest BCUT2D eigenvalue weighted by Gasteiger charge is -2.09. The van der Waals surface area contributed by atoms with Crippen LogP contribution in [0.4, 0.5) is 8.78 Å². The van der Waals surface area contributed by atoms with Gasteiger partial charge in [-0.05, 0) is 37.0 Å². The fraction of sp³-hybridized carbons (Fsp3) is 0.308. The molecule has 0 unspecified atom stereocenters. The Morgan fingerprint density at radius 2 is 2.00 bits per heavy atom. The Balaban J connectivity index is 2.06. The van der Waals surface area contributed by atoms with E-state index in [9.17, 15) is 8.78 Å². The molecule has 4 heteroatoms. The van der Waals surface area contributed by atoms with E-state index in [4.69, 9.17) is 4.74 Å². The molecule has 88 valence electrons. The van der Waals surface area contributed by atoms with Crippen LogP contribution in [-0.4, -0.2) is 11.6 Å². The van der Waals surface area contributed by atoms with E-state index in [1.54, 1.807) is 0 Å². The molecule has 0 saturated heterocycles. The maximum absolute atomic E-state index is 13.6. The number of hydrogen-bond acceptors (Lipinski definition) is 2. The zero-order valence-electron chi connectivity index (χ0n) is 9.12. The minimum absolute atomic E-state index is 0.0638. The molecule has 2 aromatic rings. The van der Waals surface area contributed by atoms with E-state index in [0.29, 0.717) is 17.9 Å². The lowest BCUT2D eigenvalue weighted by atomic mass is 10.2. The topological polar surface area (TPSA) is 22.1 Å². The lowest BCUT2D eigenvalue weighted by molar-refractivity contribution is 0.288. The first-order valence-electron chi connectivity index (χ1n) is 5.61. The lowest BCUT2D eigenvalue weighted by Crippen LogP contribution is -2.02. The van der Waals surface area contributed by atoms with Crippen LogP contribution in [0.1, 0.15) is 12.8 Å². The summed E-state index contributed by atoms with van der Waals surface area (Å²) in [5.41, 5.74) is 0.255. The number of aromatic nitrogens is 1. The van der Waals surface area contributed by atoms with Crippen LogP contribution in [0, 0.1) is 17.6 Å². The molecule has 1 aromatic carbocycles. The Kier molecular flexibility index (Phi) is 2.42. The predicted octanol–water partition coefficient (Wildman–Crippen LogP) is 3.30. The molecular formula is C13H11F2NO. The maximum Gasteiger partial charge on any atom is 0.181 e. The number of benzene rings is 1. The molecule has 1 aromatic heterocycles. The summed E-state index contributed by atoms with van der Waals surface area (Å²) in [4.78, 5) is 4.00. The van der Waals surface area contributed by atoms with E-state index < -0.39 is 11.6 Å². The van der Waals surface area contributed by atoms with Crippen LogP contribution in [0.25, 0.3) is 10.9 Å². The summed E-state index contributed by atoms with van der Waals surface area (Å²) in [6, 6.07) is 3.86. The predicted molar refractivity (Wildman–Crippen MR) is 59.9 cm³/mol. The second-order valence-corrected chi connectivity index (χ2v) is 4.32. The van der Waals surface area contributed by atoms with Gasteiger partial charge in [0, 0.05) is 11.6 Å². The van der Waals surface area contributed by atoms with Crippen LogP contribution < -0.4 is 4.74 Å². The van der Waals surface area contributed by atoms with Crippen molar-refractivity contribution in [1.29, 1.82) is 0 Å². The number of fused-ring (bicyclic) bond motifs is 1. The number of nitrogens with zero attached hydrogens (tertiary/aromatic N) is 1. The second kappa shape index (κ2) is 3.95. The minimum Gasteiger partial charge on any atom is -0.488 e. The van der Waals surface area contributed by atoms with Crippen LogP contribution >= 0.6 is 0 Å². The molecule has 0 atom stereocenters. The van der Waals surface area contributed by atoms with Crippen molar-refractivity contribution in [3.05, 3.63) is 36.0 Å². The molecule has 0 radical (unpaired) electrons. The molecule has 0 N–H and O–H groups in total. The summed E-state index contributed by atoms with van der Waals surface area (Å²) in [5, 5.41) is 0.291. The second-order valence-electron chi connectivity index (χ2n) is 4.32. The van der Waals surface area contributed by atoms with E-state index in [1.165, 1.54) is 24.4 Å². The van der Waals surface area contributed by atoms with E-state index in [0.717, 1.165) is 12.8 Å². The number of pyridine rings is 1. The molecule has 1 saturated carbocycles. The van der Waals surface area contributed by atoms with Crippen LogP contribution in [0.2, 0.25) is 0 Å². The average molecular weight is 235 g/mol. The van der Waals surface area contributed by atoms with E-state index in [-0.39, 0.29) is 11.3 Å². The van der Waals surface area contributed by atoms with Gasteiger partial charge in [0.25, 0.3) is 0 Å². The third-order valence-corrected chi connectivity index (χ3v) is 2.93. The number of halogens is 2. The largest absolute Gasteiger partial charge is 0.488 e. The fourth-order valence-electron chi connectivity index (χ4n) is 1.76. The summed E-state index contributed by atoms with van der Waals surface area (Å²) in [7, 11) is 0. The Morgan fingerprint density at radius 3 is 2.76 bits per heavy atom. The highest BCUT2D eigenvalue weighted by molar-refractivity contribution is 5.85. The van der Waals surface area contributed by atoms with Crippen LogP contribution in [0.5, 0.6) is 5.75 Å². The fourth-order valence-corrected chi connectivity index (χ4v) is 1.76. The number of ether oxygens (including phenoxy) is 1. The summed E-state index contributed by atoms with van der Waals surface area (Å²) in [6.07, 6.45) is 3.56. The van der Waals surface area contributed by atoms with Gasteiger partial charge in [-0.25, -0.2) is 8.78 Å². The smallest absolute Gasteiger partial charge is 0.181 e. The Bertz CT molecular complexity index is 567. The molecule has 3 rings (SSSR count). The summed E-state index contributed by atoms with van der Waals surface area (Å²) in [5.74, 6) is -0.324. The molecule has 17 heavy (non-hydrogen) atoms. The summed E-state index contributed by atoms with van der Waals surface area (Å²) < 4.78 is 32.6. The molecule has 0 spiro atoms. The van der Waals surface area contributed by atoms with Gasteiger partial charge in [-0.2, -0.15) is 0 Å². The standard InChI is InChI=1S/C13H11F2NO/c14-10-5-6-16-12-9(10)3-4-11(15)13(12)17-7-8-1-2-8/h3-6,8H,1-2,7H2. The Hall–Kier alpha value is -1.71. The van der Waals surface area contributed by atoms with Crippen molar-refractivity contribution in [3.8, 4) is 5.75 Å². The summed E-state index contributed by atoms with van der Waals surface area (Å²) in [6.45, 7) is 0.480. The number of hydrogen-bond donors (Lipinski definition) is 0. The van der Waals surface area contributed by atoms with Gasteiger partial charge in [-0.15, -0.1) is 0 Å². The van der Waals surface area contributed by atoms with Crippen molar-refractivity contribution in [2.24, 2.45) is 5.92 Å². The first-order valence-corrected chi connectivity index (χ1v) is 5.61. The third kappa shape index (κ3) is 1.95. The van der Waals surface area contributed by atoms with Crippen LogP contribution in [0.15, 0.2) is 24.4 Å². The highest BCUT2D eigenvalue weighted by Gasteiger charge is 2.23. The van der Waals surface area contributed by atoms with Gasteiger partial charge in [0.15, 0.2) is 11.6 Å². The van der Waals surface area contributed by atoms with Crippen molar-refractivity contribution >= 4 is 10.9 Å². The summed E-state index contributed by atoms with van der Waals surface area (Å²) >= 11 is 0. The Labute approximate surface area is 97.2 Å². The Morgan fingerprint density at radius 1 is 1.18 bits per heavy atom.